The van der Waals surface area contributed by atoms with Gasteiger partial charge in [-0.3, -0.25) is 10.1 Å². The molecule has 0 saturated heterocycles. The molecule has 0 aliphatic carbocycles. The molecular formula is C10H17N3O2. The van der Waals surface area contributed by atoms with Crippen LogP contribution in [-0.4, -0.2) is 17.8 Å². The maximum Gasteiger partial charge on any atom is 0.349 e. The van der Waals surface area contributed by atoms with E-state index in [4.69, 9.17) is 5.73 Å². The number of urea groups is 1. The third-order valence-electron chi connectivity index (χ3n) is 3.06. The number of carbonyl (C=O) groups is 2. The van der Waals surface area contributed by atoms with Gasteiger partial charge in [-0.2, -0.15) is 4.99 Å². The van der Waals surface area contributed by atoms with E-state index in [0.29, 0.717) is 0 Å². The Kier molecular flexibility index (Phi) is 2.83. The van der Waals surface area contributed by atoms with Crippen molar-refractivity contribution in [2.75, 3.05) is 0 Å². The van der Waals surface area contributed by atoms with E-state index in [1.807, 2.05) is 27.7 Å². The van der Waals surface area contributed by atoms with Gasteiger partial charge in [0.1, 0.15) is 11.3 Å². The first kappa shape index (κ1) is 11.7. The van der Waals surface area contributed by atoms with Crippen LogP contribution in [0.15, 0.2) is 4.99 Å². The Morgan fingerprint density at radius 1 is 1.20 bits per heavy atom. The molecule has 3 N–H and O–H groups in total. The number of carbonyl (C=O) groups excluding carboxylic acids is 2. The number of hydrogen-bond donors (Lipinski definition) is 2. The van der Waals surface area contributed by atoms with Gasteiger partial charge < -0.3 is 5.73 Å². The molecule has 1 heterocycles. The fourth-order valence-electron chi connectivity index (χ4n) is 2.33. The van der Waals surface area contributed by atoms with Gasteiger partial charge in [0, 0.05) is 0 Å². The summed E-state index contributed by atoms with van der Waals surface area (Å²) in [5.74, 6) is -0.227. The molecule has 0 aromatic rings. The lowest BCUT2D eigenvalue weighted by molar-refractivity contribution is -0.130. The molecule has 0 aromatic heterocycles. The highest BCUT2D eigenvalue weighted by molar-refractivity contribution is 6.18. The van der Waals surface area contributed by atoms with Crippen molar-refractivity contribution in [1.82, 2.24) is 5.32 Å². The van der Waals surface area contributed by atoms with E-state index in [2.05, 4.69) is 10.3 Å². The first-order valence-electron chi connectivity index (χ1n) is 5.03. The lowest BCUT2D eigenvalue weighted by Gasteiger charge is -2.40. The molecule has 0 bridgehead atoms. The van der Waals surface area contributed by atoms with Gasteiger partial charge in [0.15, 0.2) is 0 Å². The molecule has 5 heteroatoms. The lowest BCUT2D eigenvalue weighted by Crippen LogP contribution is -2.60. The molecule has 0 unspecified atom stereocenters. The minimum atomic E-state index is -0.867. The average molecular weight is 211 g/mol. The quantitative estimate of drug-likeness (QED) is 0.711. The summed E-state index contributed by atoms with van der Waals surface area (Å²) in [6, 6.07) is -0.672. The van der Waals surface area contributed by atoms with Crippen LogP contribution in [0.1, 0.15) is 27.7 Å². The van der Waals surface area contributed by atoms with E-state index >= 15 is 0 Å². The van der Waals surface area contributed by atoms with Crippen LogP contribution in [0.25, 0.3) is 0 Å². The van der Waals surface area contributed by atoms with Crippen LogP contribution in [-0.2, 0) is 4.79 Å². The average Bonchev–Trinajstić information content (AvgIpc) is 2.00. The number of nitrogens with zero attached hydrogens (tertiary/aromatic N) is 1. The molecule has 0 fully saturated rings. The van der Waals surface area contributed by atoms with Crippen LogP contribution >= 0.6 is 0 Å². The summed E-state index contributed by atoms with van der Waals surface area (Å²) in [7, 11) is 0. The first-order chi connectivity index (χ1) is 6.83. The van der Waals surface area contributed by atoms with Crippen molar-refractivity contribution in [3.05, 3.63) is 0 Å². The minimum absolute atomic E-state index is 0.00523. The maximum absolute atomic E-state index is 11.9. The SMILES string of the molecule is CC(C)C1(C(C)C)C(=O)NC(=O)N=C1N. The van der Waals surface area contributed by atoms with Crippen molar-refractivity contribution in [1.29, 1.82) is 0 Å². The molecule has 3 amide bonds. The molecular weight excluding hydrogens is 194 g/mol. The number of amides is 3. The highest BCUT2D eigenvalue weighted by atomic mass is 16.2. The summed E-state index contributed by atoms with van der Waals surface area (Å²) in [6.07, 6.45) is 0. The summed E-state index contributed by atoms with van der Waals surface area (Å²) >= 11 is 0. The fourth-order valence-corrected chi connectivity index (χ4v) is 2.33. The number of nitrogens with two attached hydrogens (primary N) is 1. The van der Waals surface area contributed by atoms with Crippen LogP contribution in [0.5, 0.6) is 0 Å². The standard InChI is InChI=1S/C10H17N3O2/c1-5(2)10(6(3)4)7(11)12-9(15)13-8(10)14/h5-6H,1-4H3,(H3,11,12,13,14,15). The van der Waals surface area contributed by atoms with Crippen molar-refractivity contribution in [3.8, 4) is 0 Å². The molecule has 5 nitrogen and oxygen atoms in total. The third kappa shape index (κ3) is 1.52. The van der Waals surface area contributed by atoms with Crippen molar-refractivity contribution in [2.45, 2.75) is 27.7 Å². The largest absolute Gasteiger partial charge is 0.386 e. The second-order valence-corrected chi connectivity index (χ2v) is 4.43. The topological polar surface area (TPSA) is 84.5 Å². The van der Waals surface area contributed by atoms with Crippen molar-refractivity contribution < 1.29 is 9.59 Å². The van der Waals surface area contributed by atoms with Crippen molar-refractivity contribution in [3.63, 3.8) is 0 Å². The van der Waals surface area contributed by atoms with Gasteiger partial charge >= 0.3 is 6.03 Å². The van der Waals surface area contributed by atoms with E-state index < -0.39 is 11.4 Å². The summed E-state index contributed by atoms with van der Waals surface area (Å²) in [5.41, 5.74) is 4.90. The molecule has 1 aliphatic rings. The van der Waals surface area contributed by atoms with Gasteiger partial charge in [-0.1, -0.05) is 27.7 Å². The Morgan fingerprint density at radius 3 is 2.00 bits per heavy atom. The molecule has 84 valence electrons. The molecule has 0 radical (unpaired) electrons. The number of rotatable bonds is 2. The summed E-state index contributed by atoms with van der Waals surface area (Å²) < 4.78 is 0. The second-order valence-electron chi connectivity index (χ2n) is 4.43. The molecule has 15 heavy (non-hydrogen) atoms. The number of hydrogen-bond acceptors (Lipinski definition) is 3. The zero-order valence-corrected chi connectivity index (χ0v) is 9.50. The number of imide groups is 1. The van der Waals surface area contributed by atoms with E-state index in [-0.39, 0.29) is 23.6 Å². The predicted molar refractivity (Wildman–Crippen MR) is 57.3 cm³/mol. The first-order valence-corrected chi connectivity index (χ1v) is 5.03. The highest BCUT2D eigenvalue weighted by Crippen LogP contribution is 2.37. The van der Waals surface area contributed by atoms with E-state index in [9.17, 15) is 9.59 Å². The van der Waals surface area contributed by atoms with Crippen LogP contribution in [0, 0.1) is 17.3 Å². The highest BCUT2D eigenvalue weighted by Gasteiger charge is 2.50. The molecule has 0 saturated carbocycles. The zero-order valence-electron chi connectivity index (χ0n) is 9.50. The van der Waals surface area contributed by atoms with E-state index in [1.54, 1.807) is 0 Å². The summed E-state index contributed by atoms with van der Waals surface area (Å²) in [4.78, 5) is 26.6. The Bertz CT molecular complexity index is 324. The second kappa shape index (κ2) is 3.64. The number of amidine groups is 1. The van der Waals surface area contributed by atoms with Crippen LogP contribution in [0.4, 0.5) is 4.79 Å². The van der Waals surface area contributed by atoms with Gasteiger partial charge in [0.25, 0.3) is 0 Å². The lowest BCUT2D eigenvalue weighted by atomic mass is 9.66. The Morgan fingerprint density at radius 2 is 1.67 bits per heavy atom. The zero-order chi connectivity index (χ0) is 11.8. The van der Waals surface area contributed by atoms with Gasteiger partial charge in [-0.15, -0.1) is 0 Å². The number of aliphatic imine (C=N–C) groups is 1. The Labute approximate surface area is 89.1 Å². The molecule has 1 aliphatic heterocycles. The number of nitrogens with one attached hydrogen (secondary N) is 1. The normalized spacial score (nSPS) is 20.5. The molecule has 1 rings (SSSR count). The van der Waals surface area contributed by atoms with Gasteiger partial charge in [-0.05, 0) is 11.8 Å². The maximum atomic E-state index is 11.9. The monoisotopic (exact) mass is 211 g/mol. The van der Waals surface area contributed by atoms with Crippen LogP contribution in [0.2, 0.25) is 0 Å². The molecule has 0 spiro atoms. The molecule has 0 atom stereocenters. The fraction of sp³-hybridized carbons (Fsp3) is 0.700. The van der Waals surface area contributed by atoms with Gasteiger partial charge in [0.2, 0.25) is 5.91 Å². The summed E-state index contributed by atoms with van der Waals surface area (Å²) in [5, 5.41) is 2.22. The van der Waals surface area contributed by atoms with Gasteiger partial charge in [0.05, 0.1) is 0 Å². The van der Waals surface area contributed by atoms with Crippen molar-refractivity contribution in [2.24, 2.45) is 28.0 Å². The smallest absolute Gasteiger partial charge is 0.349 e. The predicted octanol–water partition coefficient (Wildman–Crippen LogP) is 0.892. The van der Waals surface area contributed by atoms with Crippen LogP contribution in [0.3, 0.4) is 0 Å². The third-order valence-corrected chi connectivity index (χ3v) is 3.06. The Balaban J connectivity index is 3.34. The Hall–Kier alpha value is -1.39. The summed E-state index contributed by atoms with van der Waals surface area (Å²) in [6.45, 7) is 7.60. The van der Waals surface area contributed by atoms with E-state index in [0.717, 1.165) is 0 Å². The van der Waals surface area contributed by atoms with Crippen molar-refractivity contribution >= 4 is 17.8 Å². The minimum Gasteiger partial charge on any atom is -0.386 e. The van der Waals surface area contributed by atoms with E-state index in [1.165, 1.54) is 0 Å². The molecule has 0 aromatic carbocycles. The van der Waals surface area contributed by atoms with Crippen LogP contribution < -0.4 is 11.1 Å². The van der Waals surface area contributed by atoms with Gasteiger partial charge in [-0.25, -0.2) is 4.79 Å².